The van der Waals surface area contributed by atoms with Crippen LogP contribution in [0, 0.1) is 0 Å². The van der Waals surface area contributed by atoms with Gasteiger partial charge in [-0.15, -0.1) is 0 Å². The van der Waals surface area contributed by atoms with E-state index < -0.39 is 0 Å². The van der Waals surface area contributed by atoms with Gasteiger partial charge in [-0.25, -0.2) is 5.43 Å². The minimum atomic E-state index is -0.295. The highest BCUT2D eigenvalue weighted by atomic mass is 79.9. The number of nitrogens with zero attached hydrogens (tertiary/aromatic N) is 2. The largest absolute Gasteiger partial charge is 0.497 e. The molecule has 5 nitrogen and oxygen atoms in total. The van der Waals surface area contributed by atoms with Crippen LogP contribution in [0.4, 0.5) is 0 Å². The average Bonchev–Trinajstić information content (AvgIpc) is 3.11. The fraction of sp³-hybridized carbons (Fsp3) is 0.0526. The molecule has 3 aromatic rings. The van der Waals surface area contributed by atoms with Crippen LogP contribution < -0.4 is 10.2 Å². The van der Waals surface area contributed by atoms with Crippen molar-refractivity contribution in [2.45, 2.75) is 0 Å². The monoisotopic (exact) mass is 397 g/mol. The van der Waals surface area contributed by atoms with Crippen LogP contribution in [0.2, 0.25) is 0 Å². The molecule has 126 valence electrons. The molecule has 3 rings (SSSR count). The quantitative estimate of drug-likeness (QED) is 0.522. The summed E-state index contributed by atoms with van der Waals surface area (Å²) < 4.78 is 8.11. The third kappa shape index (κ3) is 4.16. The number of nitrogens with one attached hydrogen (secondary N) is 1. The van der Waals surface area contributed by atoms with E-state index in [0.29, 0.717) is 11.3 Å². The van der Waals surface area contributed by atoms with Crippen molar-refractivity contribution in [2.75, 3.05) is 7.11 Å². The molecule has 1 N–H and O–H groups in total. The molecule has 0 saturated carbocycles. The minimum Gasteiger partial charge on any atom is -0.497 e. The predicted molar refractivity (Wildman–Crippen MR) is 102 cm³/mol. The number of ether oxygens (including phenoxy) is 1. The van der Waals surface area contributed by atoms with E-state index >= 15 is 0 Å². The molecule has 1 heterocycles. The van der Waals surface area contributed by atoms with E-state index in [4.69, 9.17) is 4.74 Å². The smallest absolute Gasteiger partial charge is 0.271 e. The lowest BCUT2D eigenvalue weighted by Crippen LogP contribution is -2.17. The van der Waals surface area contributed by atoms with E-state index in [1.807, 2.05) is 47.2 Å². The summed E-state index contributed by atoms with van der Waals surface area (Å²) in [4.78, 5) is 12.1. The van der Waals surface area contributed by atoms with E-state index in [1.54, 1.807) is 37.6 Å². The Morgan fingerprint density at radius 2 is 1.96 bits per heavy atom. The Morgan fingerprint density at radius 3 is 2.72 bits per heavy atom. The molecule has 1 amide bonds. The molecule has 0 unspecified atom stereocenters. The van der Waals surface area contributed by atoms with Crippen molar-refractivity contribution in [3.63, 3.8) is 0 Å². The maximum absolute atomic E-state index is 12.1. The van der Waals surface area contributed by atoms with Gasteiger partial charge in [0.1, 0.15) is 5.75 Å². The summed E-state index contributed by atoms with van der Waals surface area (Å²) >= 11 is 3.43. The second-order valence-corrected chi connectivity index (χ2v) is 6.13. The maximum atomic E-state index is 12.1. The molecular weight excluding hydrogens is 382 g/mol. The Labute approximate surface area is 154 Å². The van der Waals surface area contributed by atoms with Crippen molar-refractivity contribution in [1.29, 1.82) is 0 Å². The molecule has 0 atom stereocenters. The summed E-state index contributed by atoms with van der Waals surface area (Å²) in [6.45, 7) is 0. The summed E-state index contributed by atoms with van der Waals surface area (Å²) in [6.07, 6.45) is 3.55. The lowest BCUT2D eigenvalue weighted by atomic mass is 10.2. The number of carbonyl (C=O) groups is 1. The number of methoxy groups -OCH3 is 1. The standard InChI is InChI=1S/C19H16BrN3O2/c1-25-18-6-2-4-14(12-18)19(24)22-21-13-17-5-3-11-23(17)16-9-7-15(20)8-10-16/h2-13H,1H3,(H,22,24)/b21-13-. The Bertz CT molecular complexity index is 901. The van der Waals surface area contributed by atoms with Gasteiger partial charge in [0.15, 0.2) is 0 Å². The van der Waals surface area contributed by atoms with Gasteiger partial charge in [-0.1, -0.05) is 22.0 Å². The summed E-state index contributed by atoms with van der Waals surface area (Å²) in [6, 6.07) is 18.7. The molecule has 0 radical (unpaired) electrons. The first kappa shape index (κ1) is 17.0. The van der Waals surface area contributed by atoms with Crippen LogP contribution in [0.1, 0.15) is 16.1 Å². The van der Waals surface area contributed by atoms with Crippen LogP contribution in [0.5, 0.6) is 5.75 Å². The summed E-state index contributed by atoms with van der Waals surface area (Å²) in [5.74, 6) is 0.331. The maximum Gasteiger partial charge on any atom is 0.271 e. The van der Waals surface area contributed by atoms with E-state index in [0.717, 1.165) is 15.9 Å². The van der Waals surface area contributed by atoms with Gasteiger partial charge in [0.2, 0.25) is 0 Å². The van der Waals surface area contributed by atoms with Crippen molar-refractivity contribution in [1.82, 2.24) is 9.99 Å². The third-order valence-electron chi connectivity index (χ3n) is 3.58. The topological polar surface area (TPSA) is 55.6 Å². The summed E-state index contributed by atoms with van der Waals surface area (Å²) in [5, 5.41) is 4.05. The number of amides is 1. The van der Waals surface area contributed by atoms with Gasteiger partial charge < -0.3 is 9.30 Å². The third-order valence-corrected chi connectivity index (χ3v) is 4.11. The lowest BCUT2D eigenvalue weighted by Gasteiger charge is -2.06. The van der Waals surface area contributed by atoms with Gasteiger partial charge in [0.25, 0.3) is 5.91 Å². The van der Waals surface area contributed by atoms with Crippen LogP contribution in [0.15, 0.2) is 76.4 Å². The van der Waals surface area contributed by atoms with E-state index in [1.165, 1.54) is 0 Å². The van der Waals surface area contributed by atoms with Crippen LogP contribution in [-0.2, 0) is 0 Å². The highest BCUT2D eigenvalue weighted by Crippen LogP contribution is 2.16. The number of aromatic nitrogens is 1. The molecule has 0 saturated heterocycles. The Hall–Kier alpha value is -2.86. The van der Waals surface area contributed by atoms with Crippen molar-refractivity contribution in [2.24, 2.45) is 5.10 Å². The molecular formula is C19H16BrN3O2. The first-order chi connectivity index (χ1) is 12.2. The van der Waals surface area contributed by atoms with E-state index in [9.17, 15) is 4.79 Å². The number of benzene rings is 2. The number of carbonyl (C=O) groups excluding carboxylic acids is 1. The van der Waals surface area contributed by atoms with Gasteiger partial charge in [-0.3, -0.25) is 4.79 Å². The molecule has 0 aliphatic heterocycles. The van der Waals surface area contributed by atoms with Crippen molar-refractivity contribution < 1.29 is 9.53 Å². The van der Waals surface area contributed by atoms with Gasteiger partial charge in [-0.05, 0) is 54.6 Å². The summed E-state index contributed by atoms with van der Waals surface area (Å²) in [7, 11) is 1.56. The number of halogens is 1. The van der Waals surface area contributed by atoms with E-state index in [-0.39, 0.29) is 5.91 Å². The second-order valence-electron chi connectivity index (χ2n) is 5.21. The zero-order valence-electron chi connectivity index (χ0n) is 13.5. The first-order valence-electron chi connectivity index (χ1n) is 7.58. The lowest BCUT2D eigenvalue weighted by molar-refractivity contribution is 0.0955. The molecule has 25 heavy (non-hydrogen) atoms. The Kier molecular flexibility index (Phi) is 5.30. The van der Waals surface area contributed by atoms with Crippen molar-refractivity contribution >= 4 is 28.1 Å². The van der Waals surface area contributed by atoms with Crippen LogP contribution in [0.3, 0.4) is 0 Å². The molecule has 2 aromatic carbocycles. The minimum absolute atomic E-state index is 0.295. The first-order valence-corrected chi connectivity index (χ1v) is 8.37. The van der Waals surface area contributed by atoms with Crippen molar-refractivity contribution in [3.05, 3.63) is 82.6 Å². The zero-order valence-corrected chi connectivity index (χ0v) is 15.1. The highest BCUT2D eigenvalue weighted by molar-refractivity contribution is 9.10. The molecule has 6 heteroatoms. The fourth-order valence-electron chi connectivity index (χ4n) is 2.32. The Balaban J connectivity index is 1.72. The van der Waals surface area contributed by atoms with Gasteiger partial charge in [-0.2, -0.15) is 5.10 Å². The van der Waals surface area contributed by atoms with Gasteiger partial charge in [0, 0.05) is 21.9 Å². The molecule has 0 fully saturated rings. The van der Waals surface area contributed by atoms with Crippen LogP contribution in [0.25, 0.3) is 5.69 Å². The predicted octanol–water partition coefficient (Wildman–Crippen LogP) is 4.01. The SMILES string of the molecule is COc1cccc(C(=O)N/N=C\c2cccn2-c2ccc(Br)cc2)c1. The average molecular weight is 398 g/mol. The molecule has 0 aliphatic rings. The van der Waals surface area contributed by atoms with Crippen molar-refractivity contribution in [3.8, 4) is 11.4 Å². The Morgan fingerprint density at radius 1 is 1.16 bits per heavy atom. The van der Waals surface area contributed by atoms with Crippen LogP contribution >= 0.6 is 15.9 Å². The van der Waals surface area contributed by atoms with Gasteiger partial charge in [0.05, 0.1) is 19.0 Å². The van der Waals surface area contributed by atoms with E-state index in [2.05, 4.69) is 26.5 Å². The molecule has 0 bridgehead atoms. The molecule has 0 aliphatic carbocycles. The number of hydrogen-bond donors (Lipinski definition) is 1. The number of rotatable bonds is 5. The molecule has 0 spiro atoms. The molecule has 1 aromatic heterocycles. The normalized spacial score (nSPS) is 10.8. The van der Waals surface area contributed by atoms with Crippen LogP contribution in [-0.4, -0.2) is 23.8 Å². The second kappa shape index (κ2) is 7.81. The number of hydrazone groups is 1. The number of hydrogen-bond acceptors (Lipinski definition) is 3. The summed E-state index contributed by atoms with van der Waals surface area (Å²) in [5.41, 5.74) is 4.88. The fourth-order valence-corrected chi connectivity index (χ4v) is 2.59. The van der Waals surface area contributed by atoms with Gasteiger partial charge >= 0.3 is 0 Å². The highest BCUT2D eigenvalue weighted by Gasteiger charge is 2.05. The zero-order chi connectivity index (χ0) is 17.6.